The Kier molecular flexibility index (Phi) is 6.24. The fraction of sp³-hybridized carbons (Fsp3) is 0.379. The van der Waals surface area contributed by atoms with Gasteiger partial charge in [0.1, 0.15) is 0 Å². The van der Waals surface area contributed by atoms with Crippen molar-refractivity contribution in [2.45, 2.75) is 31.7 Å². The molecule has 8 nitrogen and oxygen atoms in total. The van der Waals surface area contributed by atoms with Crippen molar-refractivity contribution in [3.8, 4) is 11.5 Å². The van der Waals surface area contributed by atoms with Crippen molar-refractivity contribution in [2.24, 2.45) is 16.9 Å². The highest BCUT2D eigenvalue weighted by molar-refractivity contribution is 6.07. The number of hydrogen-bond donors (Lipinski definition) is 0. The number of amides is 1. The van der Waals surface area contributed by atoms with E-state index in [1.54, 1.807) is 19.2 Å². The zero-order chi connectivity index (χ0) is 25.4. The lowest BCUT2D eigenvalue weighted by Crippen LogP contribution is -2.52. The van der Waals surface area contributed by atoms with Crippen LogP contribution in [0.2, 0.25) is 0 Å². The molecule has 0 unspecified atom stereocenters. The second-order valence-corrected chi connectivity index (χ2v) is 9.84. The van der Waals surface area contributed by atoms with E-state index in [1.165, 1.54) is 0 Å². The number of para-hydroxylation sites is 1. The average Bonchev–Trinajstić information content (AvgIpc) is 2.97. The van der Waals surface area contributed by atoms with Gasteiger partial charge in [-0.2, -0.15) is 5.10 Å². The summed E-state index contributed by atoms with van der Waals surface area (Å²) in [5.74, 6) is 2.20. The van der Waals surface area contributed by atoms with Gasteiger partial charge in [0.2, 0.25) is 11.9 Å². The summed E-state index contributed by atoms with van der Waals surface area (Å²) in [5, 5.41) is 7.85. The summed E-state index contributed by atoms with van der Waals surface area (Å²) < 4.78 is 11.0. The number of nitrogens with zero attached hydrogens (tertiary/aromatic N) is 5. The number of carbonyl (C=O) groups is 1. The molecule has 8 heteroatoms. The van der Waals surface area contributed by atoms with Gasteiger partial charge in [0.25, 0.3) is 0 Å². The van der Waals surface area contributed by atoms with Crippen LogP contribution in [0.5, 0.6) is 11.5 Å². The molecule has 1 aromatic heterocycles. The molecule has 0 radical (unpaired) electrons. The van der Waals surface area contributed by atoms with Gasteiger partial charge >= 0.3 is 0 Å². The quantitative estimate of drug-likeness (QED) is 0.485. The Morgan fingerprint density at radius 2 is 1.68 bits per heavy atom. The van der Waals surface area contributed by atoms with E-state index < -0.39 is 0 Å². The first kappa shape index (κ1) is 23.5. The molecule has 3 aliphatic rings. The number of ether oxygens (including phenoxy) is 2. The Hall–Kier alpha value is -3.94. The van der Waals surface area contributed by atoms with E-state index in [0.29, 0.717) is 11.5 Å². The number of piperidine rings is 1. The minimum absolute atomic E-state index is 0.0474. The predicted octanol–water partition coefficient (Wildman–Crippen LogP) is 4.44. The number of benzene rings is 2. The van der Waals surface area contributed by atoms with E-state index in [0.717, 1.165) is 66.9 Å². The highest BCUT2D eigenvalue weighted by Crippen LogP contribution is 2.38. The van der Waals surface area contributed by atoms with Crippen LogP contribution in [0.3, 0.4) is 0 Å². The number of hydrazone groups is 1. The molecule has 37 heavy (non-hydrogen) atoms. The normalized spacial score (nSPS) is 22.1. The summed E-state index contributed by atoms with van der Waals surface area (Å²) in [5.41, 5.74) is 2.87. The van der Waals surface area contributed by atoms with Crippen LogP contribution in [0.15, 0.2) is 65.9 Å². The van der Waals surface area contributed by atoms with Gasteiger partial charge in [-0.15, -0.1) is 0 Å². The molecule has 0 N–H and O–H groups in total. The molecule has 1 fully saturated rings. The average molecular weight is 498 g/mol. The zero-order valence-corrected chi connectivity index (χ0v) is 21.2. The lowest BCUT2D eigenvalue weighted by atomic mass is 9.76. The van der Waals surface area contributed by atoms with Crippen molar-refractivity contribution in [2.75, 3.05) is 32.2 Å². The van der Waals surface area contributed by atoms with Crippen molar-refractivity contribution >= 4 is 28.5 Å². The van der Waals surface area contributed by atoms with Crippen LogP contribution in [0.4, 0.5) is 5.95 Å². The number of carbonyl (C=O) groups excluding carboxylic acids is 1. The zero-order valence-electron chi connectivity index (χ0n) is 21.2. The van der Waals surface area contributed by atoms with Crippen LogP contribution >= 0.6 is 0 Å². The Bertz CT molecular complexity index is 1380. The highest BCUT2D eigenvalue weighted by atomic mass is 16.5. The molecule has 0 saturated carbocycles. The lowest BCUT2D eigenvalue weighted by Gasteiger charge is -2.42. The smallest absolute Gasteiger partial charge is 0.247 e. The Balaban J connectivity index is 1.26. The molecule has 2 aromatic carbocycles. The van der Waals surface area contributed by atoms with E-state index in [1.807, 2.05) is 48.7 Å². The standard InChI is InChI=1S/C29H31N5O3/c1-36-25-12-11-19(17-26(25)37-2)27-22-8-4-5-9-23(22)28(35)34(32-27)21-13-15-33(16-14-21)29-30-18-20-7-3-6-10-24(20)31-29/h3-7,10-12,17-18,21-23H,8-9,13-16H2,1-2H3/t22-,23+/m0/s1. The van der Waals surface area contributed by atoms with Crippen LogP contribution < -0.4 is 14.4 Å². The first-order chi connectivity index (χ1) is 18.2. The highest BCUT2D eigenvalue weighted by Gasteiger charge is 2.43. The summed E-state index contributed by atoms with van der Waals surface area (Å²) in [6, 6.07) is 14.0. The minimum atomic E-state index is -0.0903. The second-order valence-electron chi connectivity index (χ2n) is 9.84. The summed E-state index contributed by atoms with van der Waals surface area (Å²) in [6.07, 6.45) is 9.38. The number of allylic oxidation sites excluding steroid dienone is 2. The number of fused-ring (bicyclic) bond motifs is 2. The monoisotopic (exact) mass is 497 g/mol. The van der Waals surface area contributed by atoms with Gasteiger partial charge in [0, 0.05) is 36.2 Å². The van der Waals surface area contributed by atoms with Gasteiger partial charge in [-0.25, -0.2) is 15.0 Å². The van der Waals surface area contributed by atoms with Gasteiger partial charge in [-0.05, 0) is 49.9 Å². The van der Waals surface area contributed by atoms with Crippen LogP contribution in [-0.4, -0.2) is 59.9 Å². The van der Waals surface area contributed by atoms with Gasteiger partial charge in [0.15, 0.2) is 11.5 Å². The first-order valence-electron chi connectivity index (χ1n) is 12.9. The number of rotatable bonds is 5. The van der Waals surface area contributed by atoms with Crippen LogP contribution in [0.25, 0.3) is 10.9 Å². The maximum atomic E-state index is 13.7. The van der Waals surface area contributed by atoms with Gasteiger partial charge < -0.3 is 14.4 Å². The van der Waals surface area contributed by atoms with Gasteiger partial charge in [0.05, 0.1) is 37.4 Å². The topological polar surface area (TPSA) is 80.2 Å². The molecule has 1 amide bonds. The third-order valence-electron chi connectivity index (χ3n) is 7.79. The van der Waals surface area contributed by atoms with E-state index >= 15 is 0 Å². The van der Waals surface area contributed by atoms with Crippen molar-refractivity contribution in [3.63, 3.8) is 0 Å². The van der Waals surface area contributed by atoms with Crippen LogP contribution in [0, 0.1) is 11.8 Å². The van der Waals surface area contributed by atoms with Crippen LogP contribution in [0.1, 0.15) is 31.2 Å². The number of hydrogen-bond acceptors (Lipinski definition) is 7. The third kappa shape index (κ3) is 4.30. The summed E-state index contributed by atoms with van der Waals surface area (Å²) in [7, 11) is 3.27. The number of methoxy groups -OCH3 is 2. The molecule has 0 spiro atoms. The molecule has 2 aliphatic heterocycles. The molecule has 1 aliphatic carbocycles. The fourth-order valence-electron chi connectivity index (χ4n) is 5.75. The molecule has 6 rings (SSSR count). The van der Waals surface area contributed by atoms with Crippen LogP contribution in [-0.2, 0) is 4.79 Å². The molecule has 2 atom stereocenters. The molecular formula is C29H31N5O3. The Labute approximate surface area is 216 Å². The van der Waals surface area contributed by atoms with Crippen molar-refractivity contribution < 1.29 is 14.3 Å². The number of anilines is 1. The van der Waals surface area contributed by atoms with Gasteiger partial charge in [-0.3, -0.25) is 4.79 Å². The molecule has 190 valence electrons. The molecule has 0 bridgehead atoms. The summed E-state index contributed by atoms with van der Waals surface area (Å²) in [6.45, 7) is 1.56. The predicted molar refractivity (Wildman–Crippen MR) is 143 cm³/mol. The van der Waals surface area contributed by atoms with E-state index in [-0.39, 0.29) is 23.8 Å². The van der Waals surface area contributed by atoms with Crippen molar-refractivity contribution in [1.82, 2.24) is 15.0 Å². The van der Waals surface area contributed by atoms with E-state index in [2.05, 4.69) is 22.0 Å². The maximum Gasteiger partial charge on any atom is 0.247 e. The summed E-state index contributed by atoms with van der Waals surface area (Å²) >= 11 is 0. The molecule has 1 saturated heterocycles. The Morgan fingerprint density at radius 1 is 0.919 bits per heavy atom. The first-order valence-corrected chi connectivity index (χ1v) is 12.9. The lowest BCUT2D eigenvalue weighted by molar-refractivity contribution is -0.140. The molecule has 3 aromatic rings. The minimum Gasteiger partial charge on any atom is -0.493 e. The van der Waals surface area contributed by atoms with E-state index in [9.17, 15) is 4.79 Å². The van der Waals surface area contributed by atoms with Crippen molar-refractivity contribution in [3.05, 3.63) is 66.4 Å². The summed E-state index contributed by atoms with van der Waals surface area (Å²) in [4.78, 5) is 25.2. The second kappa shape index (κ2) is 9.84. The van der Waals surface area contributed by atoms with Gasteiger partial charge in [-0.1, -0.05) is 30.4 Å². The van der Waals surface area contributed by atoms with E-state index in [4.69, 9.17) is 19.6 Å². The fourth-order valence-corrected chi connectivity index (χ4v) is 5.75. The number of aromatic nitrogens is 2. The molecule has 3 heterocycles. The maximum absolute atomic E-state index is 13.7. The third-order valence-corrected chi connectivity index (χ3v) is 7.79. The van der Waals surface area contributed by atoms with Crippen molar-refractivity contribution in [1.29, 1.82) is 0 Å². The molecular weight excluding hydrogens is 466 g/mol. The SMILES string of the molecule is COc1ccc(C2=NN(C3CCN(c4ncc5ccccc5n4)CC3)C(=O)[C@@H]3CC=CC[C@H]23)cc1OC. The Morgan fingerprint density at radius 3 is 2.46 bits per heavy atom. The largest absolute Gasteiger partial charge is 0.493 e.